The number of nitrogens with one attached hydrogen (secondary N) is 2. The number of nitrogens with zero attached hydrogens (tertiary/aromatic N) is 2. The summed E-state index contributed by atoms with van der Waals surface area (Å²) in [6.07, 6.45) is 7.98. The minimum absolute atomic E-state index is 0.0183. The summed E-state index contributed by atoms with van der Waals surface area (Å²) in [5.74, 6) is -0.426. The number of carbonyl (C=O) groups excluding carboxylic acids is 2. The van der Waals surface area contributed by atoms with Crippen LogP contribution in [0.3, 0.4) is 0 Å². The lowest BCUT2D eigenvalue weighted by atomic mass is 9.97. The molecule has 4 atom stereocenters. The van der Waals surface area contributed by atoms with Gasteiger partial charge < -0.3 is 24.8 Å². The standard InChI is InChI=1S/C41H54N4O6/c46-29-30-14-16-32(17-15-30)38-25-36(28-45-24-8-10-35(45)27-44-22-6-7-23-44)50-41(51-38)33-20-18-31(19-21-33)37-11-5-4-9-34(37)26-42-39(47)12-2-1-3-13-40(48)43-49/h4-5,9,11,14-21,35-36,38,41,46,49H,1-3,6-8,10,12-13,22-29H2,(H,42,47)(H,43,48). The van der Waals surface area contributed by atoms with Crippen LogP contribution in [0.2, 0.25) is 0 Å². The van der Waals surface area contributed by atoms with Gasteiger partial charge in [0.1, 0.15) is 0 Å². The summed E-state index contributed by atoms with van der Waals surface area (Å²) in [6.45, 7) is 6.03. The van der Waals surface area contributed by atoms with Crippen LogP contribution < -0.4 is 10.8 Å². The SMILES string of the molecule is O=C(CCCCCC(=O)NCc1ccccc1-c1ccc(C2OC(CN3CCCC3CN3CCCC3)CC(c3ccc(CO)cc3)O2)cc1)NO. The van der Waals surface area contributed by atoms with Crippen LogP contribution in [0.15, 0.2) is 72.8 Å². The van der Waals surface area contributed by atoms with Crippen molar-refractivity contribution < 1.29 is 29.4 Å². The van der Waals surface area contributed by atoms with Gasteiger partial charge in [0.05, 0.1) is 18.8 Å². The Morgan fingerprint density at radius 2 is 1.51 bits per heavy atom. The van der Waals surface area contributed by atoms with E-state index < -0.39 is 12.2 Å². The molecule has 4 unspecified atom stereocenters. The summed E-state index contributed by atoms with van der Waals surface area (Å²) < 4.78 is 13.4. The van der Waals surface area contributed by atoms with E-state index in [1.807, 2.05) is 30.3 Å². The molecule has 3 saturated heterocycles. The summed E-state index contributed by atoms with van der Waals surface area (Å²) in [4.78, 5) is 29.0. The molecule has 0 saturated carbocycles. The van der Waals surface area contributed by atoms with Gasteiger partial charge in [0.25, 0.3) is 0 Å². The van der Waals surface area contributed by atoms with Crippen molar-refractivity contribution in [2.75, 3.05) is 32.7 Å². The lowest BCUT2D eigenvalue weighted by Crippen LogP contribution is -2.45. The average Bonchev–Trinajstić information content (AvgIpc) is 3.86. The van der Waals surface area contributed by atoms with Gasteiger partial charge in [-0.15, -0.1) is 0 Å². The molecule has 0 bridgehead atoms. The molecule has 0 spiro atoms. The zero-order valence-electron chi connectivity index (χ0n) is 29.7. The van der Waals surface area contributed by atoms with Crippen molar-refractivity contribution in [3.8, 4) is 11.1 Å². The van der Waals surface area contributed by atoms with Crippen LogP contribution in [-0.4, -0.2) is 76.8 Å². The lowest BCUT2D eigenvalue weighted by Gasteiger charge is -2.39. The predicted octanol–water partition coefficient (Wildman–Crippen LogP) is 6.02. The van der Waals surface area contributed by atoms with Crippen molar-refractivity contribution >= 4 is 11.8 Å². The summed E-state index contributed by atoms with van der Waals surface area (Å²) >= 11 is 0. The van der Waals surface area contributed by atoms with E-state index in [4.69, 9.17) is 14.7 Å². The first-order valence-corrected chi connectivity index (χ1v) is 18.8. The van der Waals surface area contributed by atoms with E-state index in [0.29, 0.717) is 31.8 Å². The van der Waals surface area contributed by atoms with Crippen LogP contribution in [0, 0.1) is 0 Å². The molecule has 3 fully saturated rings. The third-order valence-electron chi connectivity index (χ3n) is 10.6. The van der Waals surface area contributed by atoms with Gasteiger partial charge in [0.2, 0.25) is 11.8 Å². The Labute approximate surface area is 302 Å². The number of rotatable bonds is 16. The maximum Gasteiger partial charge on any atom is 0.243 e. The molecule has 3 aromatic carbocycles. The molecule has 51 heavy (non-hydrogen) atoms. The third-order valence-corrected chi connectivity index (χ3v) is 10.6. The molecule has 6 rings (SSSR count). The molecular weight excluding hydrogens is 644 g/mol. The number of hydroxylamine groups is 1. The van der Waals surface area contributed by atoms with Crippen LogP contribution in [-0.2, 0) is 32.2 Å². The number of hydrogen-bond acceptors (Lipinski definition) is 8. The Morgan fingerprint density at radius 3 is 2.25 bits per heavy atom. The molecular formula is C41H54N4O6. The zero-order valence-corrected chi connectivity index (χ0v) is 29.7. The molecule has 3 aromatic rings. The maximum absolute atomic E-state index is 12.6. The largest absolute Gasteiger partial charge is 0.392 e. The number of hydrogen-bond donors (Lipinski definition) is 4. The van der Waals surface area contributed by atoms with Gasteiger partial charge in [-0.3, -0.25) is 19.7 Å². The molecule has 3 aliphatic heterocycles. The second-order valence-electron chi connectivity index (χ2n) is 14.3. The Bertz CT molecular complexity index is 1540. The molecule has 0 aliphatic carbocycles. The highest BCUT2D eigenvalue weighted by Crippen LogP contribution is 2.39. The smallest absolute Gasteiger partial charge is 0.243 e. The minimum atomic E-state index is -0.507. The Kier molecular flexibility index (Phi) is 13.6. The van der Waals surface area contributed by atoms with Crippen molar-refractivity contribution in [1.29, 1.82) is 0 Å². The fraction of sp³-hybridized carbons (Fsp3) is 0.512. The van der Waals surface area contributed by atoms with Crippen LogP contribution in [0.25, 0.3) is 11.1 Å². The molecule has 0 radical (unpaired) electrons. The van der Waals surface area contributed by atoms with Crippen molar-refractivity contribution in [3.63, 3.8) is 0 Å². The van der Waals surface area contributed by atoms with Crippen molar-refractivity contribution in [1.82, 2.24) is 20.6 Å². The molecule has 2 amide bonds. The van der Waals surface area contributed by atoms with Crippen molar-refractivity contribution in [3.05, 3.63) is 95.1 Å². The maximum atomic E-state index is 12.6. The van der Waals surface area contributed by atoms with Gasteiger partial charge in [0, 0.05) is 50.5 Å². The number of unbranched alkanes of at least 4 members (excludes halogenated alkanes) is 2. The van der Waals surface area contributed by atoms with Crippen LogP contribution in [0.4, 0.5) is 0 Å². The number of likely N-dealkylation sites (tertiary alicyclic amines) is 2. The molecule has 274 valence electrons. The van der Waals surface area contributed by atoms with Crippen LogP contribution >= 0.6 is 0 Å². The molecule has 3 heterocycles. The summed E-state index contributed by atoms with van der Waals surface area (Å²) in [6, 6.07) is 25.2. The van der Waals surface area contributed by atoms with E-state index in [1.54, 1.807) is 5.48 Å². The van der Waals surface area contributed by atoms with Gasteiger partial charge in [-0.25, -0.2) is 5.48 Å². The van der Waals surface area contributed by atoms with Gasteiger partial charge in [-0.05, 0) is 86.0 Å². The summed E-state index contributed by atoms with van der Waals surface area (Å²) in [5, 5.41) is 21.3. The quantitative estimate of drug-likeness (QED) is 0.0814. The second-order valence-corrected chi connectivity index (χ2v) is 14.3. The van der Waals surface area contributed by atoms with Gasteiger partial charge in [0.15, 0.2) is 6.29 Å². The monoisotopic (exact) mass is 698 g/mol. The fourth-order valence-corrected chi connectivity index (χ4v) is 7.76. The first-order chi connectivity index (χ1) is 25.0. The highest BCUT2D eigenvalue weighted by Gasteiger charge is 2.36. The number of aliphatic hydroxyl groups excluding tert-OH is 1. The molecule has 10 nitrogen and oxygen atoms in total. The Balaban J connectivity index is 1.10. The molecule has 10 heteroatoms. The third kappa shape index (κ3) is 10.5. The fourth-order valence-electron chi connectivity index (χ4n) is 7.76. The number of amides is 2. The van der Waals surface area contributed by atoms with Gasteiger partial charge in [-0.1, -0.05) is 79.2 Å². The molecule has 4 N–H and O–H groups in total. The van der Waals surface area contributed by atoms with E-state index in [2.05, 4.69) is 57.6 Å². The van der Waals surface area contributed by atoms with E-state index in [1.165, 1.54) is 38.8 Å². The number of ether oxygens (including phenoxy) is 2. The highest BCUT2D eigenvalue weighted by molar-refractivity contribution is 5.76. The normalized spacial score (nSPS) is 22.6. The van der Waals surface area contributed by atoms with Crippen LogP contribution in [0.1, 0.15) is 98.9 Å². The lowest BCUT2D eigenvalue weighted by molar-refractivity contribution is -0.253. The van der Waals surface area contributed by atoms with Crippen molar-refractivity contribution in [2.24, 2.45) is 0 Å². The van der Waals surface area contributed by atoms with E-state index in [-0.39, 0.29) is 31.1 Å². The highest BCUT2D eigenvalue weighted by atomic mass is 16.7. The number of aliphatic hydroxyl groups is 1. The first kappa shape index (κ1) is 37.1. The van der Waals surface area contributed by atoms with E-state index >= 15 is 0 Å². The molecule has 3 aliphatic rings. The Hall–Kier alpha value is -3.64. The summed E-state index contributed by atoms with van der Waals surface area (Å²) in [5.41, 5.74) is 7.73. The van der Waals surface area contributed by atoms with Gasteiger partial charge >= 0.3 is 0 Å². The van der Waals surface area contributed by atoms with Gasteiger partial charge in [-0.2, -0.15) is 0 Å². The molecule has 0 aromatic heterocycles. The number of benzene rings is 3. The predicted molar refractivity (Wildman–Crippen MR) is 195 cm³/mol. The summed E-state index contributed by atoms with van der Waals surface area (Å²) in [7, 11) is 0. The van der Waals surface area contributed by atoms with E-state index in [0.717, 1.165) is 65.9 Å². The first-order valence-electron chi connectivity index (χ1n) is 18.8. The average molecular weight is 699 g/mol. The zero-order chi connectivity index (χ0) is 35.4. The minimum Gasteiger partial charge on any atom is -0.392 e. The Morgan fingerprint density at radius 1 is 0.784 bits per heavy atom. The second kappa shape index (κ2) is 18.7. The topological polar surface area (TPSA) is 124 Å². The van der Waals surface area contributed by atoms with Crippen molar-refractivity contribution in [2.45, 2.75) is 102 Å². The van der Waals surface area contributed by atoms with E-state index in [9.17, 15) is 14.7 Å². The van der Waals surface area contributed by atoms with Crippen LogP contribution in [0.5, 0.6) is 0 Å². The number of carbonyl (C=O) groups is 2.